The molecule has 5 heteroatoms. The Morgan fingerprint density at radius 1 is 1.80 bits per heavy atom. The zero-order valence-corrected chi connectivity index (χ0v) is 7.09. The molecule has 0 aliphatic heterocycles. The van der Waals surface area contributed by atoms with Gasteiger partial charge in [0, 0.05) is 0 Å². The fourth-order valence-electron chi connectivity index (χ4n) is 0.263. The Hall–Kier alpha value is -0.580. The average Bonchev–Trinajstić information content (AvgIpc) is 1.89. The third kappa shape index (κ3) is 3.45. The van der Waals surface area contributed by atoms with Crippen molar-refractivity contribution in [3.05, 3.63) is 0 Å². The van der Waals surface area contributed by atoms with Crippen LogP contribution in [0.1, 0.15) is 6.92 Å². The molecule has 0 fully saturated rings. The van der Waals surface area contributed by atoms with Crippen molar-refractivity contribution < 1.29 is 14.7 Å². The molecule has 0 radical (unpaired) electrons. The van der Waals surface area contributed by atoms with Crippen LogP contribution >= 0.6 is 15.9 Å². The van der Waals surface area contributed by atoms with Crippen LogP contribution < -0.4 is 0 Å². The first-order chi connectivity index (χ1) is 4.72. The summed E-state index contributed by atoms with van der Waals surface area (Å²) >= 11 is 2.95. The number of carbonyl (C=O) groups is 1. The van der Waals surface area contributed by atoms with E-state index in [0.29, 0.717) is 6.61 Å². The maximum atomic E-state index is 10.2. The summed E-state index contributed by atoms with van der Waals surface area (Å²) in [5.41, 5.74) is -0.0261. The van der Waals surface area contributed by atoms with E-state index in [1.165, 1.54) is 0 Å². The molecule has 0 saturated carbocycles. The van der Waals surface area contributed by atoms with Crippen LogP contribution in [0.15, 0.2) is 5.16 Å². The van der Waals surface area contributed by atoms with Crippen molar-refractivity contribution in [1.82, 2.24) is 0 Å². The number of nitrogens with zero attached hydrogens (tertiary/aromatic N) is 1. The standard InChI is InChI=1S/C5H8BrNO3/c1-2-10-7-4(3-6)5(8)9/h2-3H2,1H3,(H,8,9). The maximum absolute atomic E-state index is 10.2. The van der Waals surface area contributed by atoms with Crippen LogP contribution in [0.3, 0.4) is 0 Å². The summed E-state index contributed by atoms with van der Waals surface area (Å²) in [4.78, 5) is 14.7. The Morgan fingerprint density at radius 2 is 2.40 bits per heavy atom. The minimum absolute atomic E-state index is 0.0261. The van der Waals surface area contributed by atoms with Gasteiger partial charge in [0.25, 0.3) is 0 Å². The van der Waals surface area contributed by atoms with Crippen LogP contribution in [-0.4, -0.2) is 28.7 Å². The van der Waals surface area contributed by atoms with Gasteiger partial charge in [-0.1, -0.05) is 21.1 Å². The topological polar surface area (TPSA) is 58.9 Å². The first-order valence-corrected chi connectivity index (χ1v) is 3.82. The van der Waals surface area contributed by atoms with Gasteiger partial charge in [-0.05, 0) is 6.92 Å². The molecule has 0 heterocycles. The third-order valence-electron chi connectivity index (χ3n) is 0.677. The van der Waals surface area contributed by atoms with Crippen molar-refractivity contribution in [2.75, 3.05) is 11.9 Å². The van der Waals surface area contributed by atoms with Crippen molar-refractivity contribution in [3.63, 3.8) is 0 Å². The second kappa shape index (κ2) is 5.22. The van der Waals surface area contributed by atoms with E-state index in [1.54, 1.807) is 6.92 Å². The number of carboxylic acids is 1. The Balaban J connectivity index is 3.91. The fraction of sp³-hybridized carbons (Fsp3) is 0.600. The molecule has 0 aromatic carbocycles. The van der Waals surface area contributed by atoms with E-state index in [2.05, 4.69) is 25.9 Å². The highest BCUT2D eigenvalue weighted by Gasteiger charge is 2.06. The first kappa shape index (κ1) is 9.42. The normalized spacial score (nSPS) is 11.2. The van der Waals surface area contributed by atoms with Crippen molar-refractivity contribution in [3.8, 4) is 0 Å². The number of oxime groups is 1. The van der Waals surface area contributed by atoms with Gasteiger partial charge in [0.1, 0.15) is 6.61 Å². The summed E-state index contributed by atoms with van der Waals surface area (Å²) in [7, 11) is 0. The largest absolute Gasteiger partial charge is 0.477 e. The fourth-order valence-corrected chi connectivity index (χ4v) is 0.605. The Bertz CT molecular complexity index is 146. The summed E-state index contributed by atoms with van der Waals surface area (Å²) in [6.07, 6.45) is 0. The Morgan fingerprint density at radius 3 is 2.70 bits per heavy atom. The number of hydrogen-bond donors (Lipinski definition) is 1. The van der Waals surface area contributed by atoms with Gasteiger partial charge in [0.2, 0.25) is 0 Å². The lowest BCUT2D eigenvalue weighted by Gasteiger charge is -1.94. The molecule has 58 valence electrons. The molecule has 0 aliphatic carbocycles. The van der Waals surface area contributed by atoms with Crippen LogP contribution in [0.2, 0.25) is 0 Å². The van der Waals surface area contributed by atoms with Gasteiger partial charge < -0.3 is 9.94 Å². The SMILES string of the molecule is CCON=C(CBr)C(=O)O. The minimum Gasteiger partial charge on any atom is -0.477 e. The van der Waals surface area contributed by atoms with Crippen LogP contribution in [0.25, 0.3) is 0 Å². The molecule has 0 rings (SSSR count). The van der Waals surface area contributed by atoms with Gasteiger partial charge in [-0.3, -0.25) is 0 Å². The predicted molar refractivity (Wildman–Crippen MR) is 40.5 cm³/mol. The molecule has 0 saturated heterocycles. The number of rotatable bonds is 4. The van der Waals surface area contributed by atoms with Crippen LogP contribution in [0.4, 0.5) is 0 Å². The van der Waals surface area contributed by atoms with Gasteiger partial charge in [-0.15, -0.1) is 0 Å². The molecule has 0 bridgehead atoms. The molecule has 0 spiro atoms. The zero-order valence-electron chi connectivity index (χ0n) is 5.50. The number of alkyl halides is 1. The summed E-state index contributed by atoms with van der Waals surface area (Å²) in [6, 6.07) is 0. The summed E-state index contributed by atoms with van der Waals surface area (Å²) < 4.78 is 0. The summed E-state index contributed by atoms with van der Waals surface area (Å²) in [5, 5.41) is 11.9. The highest BCUT2D eigenvalue weighted by molar-refractivity contribution is 9.09. The molecular weight excluding hydrogens is 202 g/mol. The van der Waals surface area contributed by atoms with Crippen molar-refractivity contribution in [1.29, 1.82) is 0 Å². The van der Waals surface area contributed by atoms with E-state index in [9.17, 15) is 4.79 Å². The number of hydrogen-bond acceptors (Lipinski definition) is 3. The smallest absolute Gasteiger partial charge is 0.354 e. The second-order valence-electron chi connectivity index (χ2n) is 1.39. The van der Waals surface area contributed by atoms with E-state index < -0.39 is 5.97 Å². The van der Waals surface area contributed by atoms with Crippen LogP contribution in [0.5, 0.6) is 0 Å². The average molecular weight is 210 g/mol. The van der Waals surface area contributed by atoms with E-state index in [0.717, 1.165) is 0 Å². The molecule has 0 aliphatic rings. The second-order valence-corrected chi connectivity index (χ2v) is 1.96. The third-order valence-corrected chi connectivity index (χ3v) is 1.21. The molecule has 0 amide bonds. The highest BCUT2D eigenvalue weighted by atomic mass is 79.9. The summed E-state index contributed by atoms with van der Waals surface area (Å²) in [6.45, 7) is 2.11. The minimum atomic E-state index is -1.06. The van der Waals surface area contributed by atoms with Crippen molar-refractivity contribution in [2.45, 2.75) is 6.92 Å². The van der Waals surface area contributed by atoms with Crippen LogP contribution in [0, 0.1) is 0 Å². The quantitative estimate of drug-likeness (QED) is 0.425. The van der Waals surface area contributed by atoms with E-state index >= 15 is 0 Å². The van der Waals surface area contributed by atoms with E-state index in [1.807, 2.05) is 0 Å². The predicted octanol–water partition coefficient (Wildman–Crippen LogP) is 0.858. The lowest BCUT2D eigenvalue weighted by Crippen LogP contribution is -2.14. The zero-order chi connectivity index (χ0) is 7.98. The molecule has 0 aromatic heterocycles. The van der Waals surface area contributed by atoms with Crippen molar-refractivity contribution in [2.24, 2.45) is 5.16 Å². The van der Waals surface area contributed by atoms with Gasteiger partial charge in [-0.2, -0.15) is 0 Å². The van der Waals surface area contributed by atoms with E-state index in [4.69, 9.17) is 5.11 Å². The van der Waals surface area contributed by atoms with Gasteiger partial charge in [-0.25, -0.2) is 4.79 Å². The lowest BCUT2D eigenvalue weighted by molar-refractivity contribution is -0.129. The lowest BCUT2D eigenvalue weighted by atomic mass is 10.4. The Labute approximate surface area is 67.0 Å². The molecule has 0 aromatic rings. The van der Waals surface area contributed by atoms with Crippen LogP contribution in [-0.2, 0) is 9.63 Å². The molecular formula is C5H8BrNO3. The van der Waals surface area contributed by atoms with Gasteiger partial charge in [0.05, 0.1) is 5.33 Å². The molecule has 10 heavy (non-hydrogen) atoms. The van der Waals surface area contributed by atoms with Gasteiger partial charge >= 0.3 is 5.97 Å². The van der Waals surface area contributed by atoms with Gasteiger partial charge in [0.15, 0.2) is 5.71 Å². The first-order valence-electron chi connectivity index (χ1n) is 2.70. The molecule has 1 N–H and O–H groups in total. The number of halogens is 1. The molecule has 0 atom stereocenters. The van der Waals surface area contributed by atoms with E-state index in [-0.39, 0.29) is 11.0 Å². The van der Waals surface area contributed by atoms with Crippen molar-refractivity contribution >= 4 is 27.6 Å². The summed E-state index contributed by atoms with van der Waals surface area (Å²) in [5.74, 6) is -1.06. The number of aliphatic carboxylic acids is 1. The highest BCUT2D eigenvalue weighted by Crippen LogP contribution is 1.88. The number of carboxylic acid groups (broad SMARTS) is 1. The molecule has 0 unspecified atom stereocenters. The maximum Gasteiger partial charge on any atom is 0.354 e. The Kier molecular flexibility index (Phi) is 4.92. The molecule has 4 nitrogen and oxygen atoms in total. The monoisotopic (exact) mass is 209 g/mol.